The molecule has 0 radical (unpaired) electrons. The summed E-state index contributed by atoms with van der Waals surface area (Å²) < 4.78 is 33.7. The van der Waals surface area contributed by atoms with E-state index in [1.807, 2.05) is 12.1 Å². The molecule has 1 unspecified atom stereocenters. The molecule has 9 heteroatoms. The van der Waals surface area contributed by atoms with E-state index in [0.29, 0.717) is 18.7 Å². The Morgan fingerprint density at radius 3 is 2.41 bits per heavy atom. The largest absolute Gasteiger partial charge is 0.497 e. The highest BCUT2D eigenvalue weighted by Crippen LogP contribution is 2.30. The zero-order valence-electron chi connectivity index (χ0n) is 18.7. The van der Waals surface area contributed by atoms with E-state index in [2.05, 4.69) is 10.0 Å². The molecular formula is C23H29N3O5S. The van der Waals surface area contributed by atoms with Gasteiger partial charge in [-0.2, -0.15) is 4.72 Å². The van der Waals surface area contributed by atoms with E-state index in [1.165, 1.54) is 13.0 Å². The first-order valence-electron chi connectivity index (χ1n) is 10.5. The number of methoxy groups -OCH3 is 1. The van der Waals surface area contributed by atoms with Crippen LogP contribution in [0.1, 0.15) is 31.9 Å². The number of carbonyl (C=O) groups is 2. The molecule has 8 nitrogen and oxygen atoms in total. The Hall–Kier alpha value is -2.91. The van der Waals surface area contributed by atoms with Crippen LogP contribution in [-0.2, 0) is 32.6 Å². The normalized spacial score (nSPS) is 14.2. The van der Waals surface area contributed by atoms with E-state index in [1.54, 1.807) is 50.1 Å². The summed E-state index contributed by atoms with van der Waals surface area (Å²) in [5.74, 6) is -0.0221. The van der Waals surface area contributed by atoms with Crippen molar-refractivity contribution in [3.63, 3.8) is 0 Å². The van der Waals surface area contributed by atoms with E-state index >= 15 is 0 Å². The number of anilines is 1. The summed E-state index contributed by atoms with van der Waals surface area (Å²) in [6.45, 7) is 5.86. The topological polar surface area (TPSA) is 105 Å². The minimum atomic E-state index is -3.93. The Labute approximate surface area is 189 Å². The van der Waals surface area contributed by atoms with Crippen molar-refractivity contribution in [1.29, 1.82) is 0 Å². The van der Waals surface area contributed by atoms with Gasteiger partial charge in [0.15, 0.2) is 0 Å². The number of ether oxygens (including phenoxy) is 1. The Morgan fingerprint density at radius 2 is 1.81 bits per heavy atom. The van der Waals surface area contributed by atoms with Gasteiger partial charge in [-0.25, -0.2) is 8.42 Å². The predicted octanol–water partition coefficient (Wildman–Crippen LogP) is 2.22. The summed E-state index contributed by atoms with van der Waals surface area (Å²) >= 11 is 0. The second kappa shape index (κ2) is 9.70. The summed E-state index contributed by atoms with van der Waals surface area (Å²) in [4.78, 5) is 26.2. The summed E-state index contributed by atoms with van der Waals surface area (Å²) in [7, 11) is -2.35. The molecule has 0 bridgehead atoms. The third-order valence-electron chi connectivity index (χ3n) is 5.49. The maximum absolute atomic E-state index is 13.0. The van der Waals surface area contributed by atoms with Crippen molar-refractivity contribution >= 4 is 27.5 Å². The fraction of sp³-hybridized carbons (Fsp3) is 0.391. The van der Waals surface area contributed by atoms with Crippen molar-refractivity contribution in [2.24, 2.45) is 5.92 Å². The highest BCUT2D eigenvalue weighted by atomic mass is 32.2. The van der Waals surface area contributed by atoms with Crippen molar-refractivity contribution in [2.45, 2.75) is 44.7 Å². The van der Waals surface area contributed by atoms with Crippen molar-refractivity contribution < 1.29 is 22.7 Å². The number of sulfonamides is 1. The molecule has 1 aliphatic rings. The lowest BCUT2D eigenvalue weighted by atomic mass is 10.0. The van der Waals surface area contributed by atoms with E-state index in [-0.39, 0.29) is 23.3 Å². The van der Waals surface area contributed by atoms with Crippen LogP contribution in [0.15, 0.2) is 47.4 Å². The molecule has 2 aromatic carbocycles. The van der Waals surface area contributed by atoms with Gasteiger partial charge < -0.3 is 15.0 Å². The molecule has 1 heterocycles. The van der Waals surface area contributed by atoms with Crippen LogP contribution in [0.25, 0.3) is 0 Å². The van der Waals surface area contributed by atoms with Gasteiger partial charge in [-0.1, -0.05) is 26.0 Å². The van der Waals surface area contributed by atoms with Crippen LogP contribution in [0.2, 0.25) is 0 Å². The Kier molecular flexibility index (Phi) is 7.20. The second-order valence-electron chi connectivity index (χ2n) is 8.12. The van der Waals surface area contributed by atoms with E-state index in [0.717, 1.165) is 16.8 Å². The molecule has 0 saturated carbocycles. The molecule has 0 spiro atoms. The number of nitrogens with one attached hydrogen (secondary N) is 2. The van der Waals surface area contributed by atoms with Gasteiger partial charge in [0.1, 0.15) is 11.8 Å². The van der Waals surface area contributed by atoms with Gasteiger partial charge in [0.05, 0.1) is 12.0 Å². The van der Waals surface area contributed by atoms with Crippen LogP contribution in [0.3, 0.4) is 0 Å². The lowest BCUT2D eigenvalue weighted by Gasteiger charge is -2.22. The number of carbonyl (C=O) groups excluding carboxylic acids is 2. The predicted molar refractivity (Wildman–Crippen MR) is 122 cm³/mol. The first kappa shape index (κ1) is 23.7. The van der Waals surface area contributed by atoms with Gasteiger partial charge in [0.2, 0.25) is 21.8 Å². The van der Waals surface area contributed by atoms with Gasteiger partial charge in [0.25, 0.3) is 0 Å². The number of fused-ring (bicyclic) bond motifs is 1. The lowest BCUT2D eigenvalue weighted by molar-refractivity contribution is -0.123. The minimum absolute atomic E-state index is 0.0779. The fourth-order valence-electron chi connectivity index (χ4n) is 3.64. The molecule has 1 aliphatic heterocycles. The van der Waals surface area contributed by atoms with Crippen LogP contribution in [0.5, 0.6) is 5.75 Å². The van der Waals surface area contributed by atoms with Gasteiger partial charge in [-0.15, -0.1) is 0 Å². The zero-order valence-corrected chi connectivity index (χ0v) is 19.5. The quantitative estimate of drug-likeness (QED) is 0.630. The minimum Gasteiger partial charge on any atom is -0.497 e. The molecule has 2 N–H and O–H groups in total. The van der Waals surface area contributed by atoms with Crippen LogP contribution in [0, 0.1) is 5.92 Å². The van der Waals surface area contributed by atoms with Gasteiger partial charge in [-0.05, 0) is 53.8 Å². The van der Waals surface area contributed by atoms with Gasteiger partial charge >= 0.3 is 0 Å². The number of hydrogen-bond donors (Lipinski definition) is 2. The summed E-state index contributed by atoms with van der Waals surface area (Å²) in [5.41, 5.74) is 2.40. The van der Waals surface area contributed by atoms with Crippen molar-refractivity contribution in [2.75, 3.05) is 18.6 Å². The monoisotopic (exact) mass is 459 g/mol. The molecule has 0 aromatic heterocycles. The Balaban J connectivity index is 1.71. The van der Waals surface area contributed by atoms with E-state index in [4.69, 9.17) is 4.74 Å². The number of rotatable bonds is 8. The molecular weight excluding hydrogens is 430 g/mol. The molecule has 2 amide bonds. The average molecular weight is 460 g/mol. The maximum Gasteiger partial charge on any atom is 0.241 e. The number of nitrogens with zero attached hydrogens (tertiary/aromatic N) is 1. The van der Waals surface area contributed by atoms with Crippen LogP contribution in [-0.4, -0.2) is 39.9 Å². The number of benzene rings is 2. The third-order valence-corrected chi connectivity index (χ3v) is 6.93. The molecule has 0 aliphatic carbocycles. The van der Waals surface area contributed by atoms with Gasteiger partial charge in [0, 0.05) is 25.7 Å². The van der Waals surface area contributed by atoms with Crippen molar-refractivity contribution in [3.8, 4) is 5.75 Å². The Morgan fingerprint density at radius 1 is 1.12 bits per heavy atom. The summed E-state index contributed by atoms with van der Waals surface area (Å²) in [6.07, 6.45) is 0.591. The molecule has 2 aromatic rings. The van der Waals surface area contributed by atoms with Crippen molar-refractivity contribution in [3.05, 3.63) is 53.6 Å². The fourth-order valence-corrected chi connectivity index (χ4v) is 5.04. The molecule has 0 fully saturated rings. The van der Waals surface area contributed by atoms with E-state index in [9.17, 15) is 18.0 Å². The molecule has 172 valence electrons. The first-order valence-corrected chi connectivity index (χ1v) is 11.9. The SMILES string of the molecule is COc1ccc(CNC(=O)C(NS(=O)(=O)c2ccc3c(c2)CCN3C(C)=O)C(C)C)cc1. The maximum atomic E-state index is 13.0. The highest BCUT2D eigenvalue weighted by Gasteiger charge is 2.30. The van der Waals surface area contributed by atoms with Crippen LogP contribution in [0.4, 0.5) is 5.69 Å². The second-order valence-corrected chi connectivity index (χ2v) is 9.83. The number of amides is 2. The number of hydrogen-bond acceptors (Lipinski definition) is 5. The summed E-state index contributed by atoms with van der Waals surface area (Å²) in [5, 5.41) is 2.80. The van der Waals surface area contributed by atoms with Crippen LogP contribution < -0.4 is 19.7 Å². The van der Waals surface area contributed by atoms with Crippen molar-refractivity contribution in [1.82, 2.24) is 10.0 Å². The smallest absolute Gasteiger partial charge is 0.241 e. The highest BCUT2D eigenvalue weighted by molar-refractivity contribution is 7.89. The third kappa shape index (κ3) is 5.28. The van der Waals surface area contributed by atoms with Gasteiger partial charge in [-0.3, -0.25) is 9.59 Å². The molecule has 32 heavy (non-hydrogen) atoms. The van der Waals surface area contributed by atoms with Crippen LogP contribution >= 0.6 is 0 Å². The molecule has 1 atom stereocenters. The molecule has 0 saturated heterocycles. The first-order chi connectivity index (χ1) is 15.1. The lowest BCUT2D eigenvalue weighted by Crippen LogP contribution is -2.49. The van der Waals surface area contributed by atoms with E-state index < -0.39 is 22.0 Å². The summed E-state index contributed by atoms with van der Waals surface area (Å²) in [6, 6.07) is 11.0. The standard InChI is InChI=1S/C23H29N3O5S/c1-15(2)22(23(28)24-14-17-5-7-19(31-4)8-6-17)25-32(29,30)20-9-10-21-18(13-20)11-12-26(21)16(3)27/h5-10,13,15,22,25H,11-12,14H2,1-4H3,(H,24,28). The Bertz CT molecular complexity index is 1100. The average Bonchev–Trinajstić information content (AvgIpc) is 3.19. The molecule has 3 rings (SSSR count). The zero-order chi connectivity index (χ0) is 23.5.